The van der Waals surface area contributed by atoms with Gasteiger partial charge in [-0.3, -0.25) is 14.3 Å². The van der Waals surface area contributed by atoms with Crippen LogP contribution in [0.15, 0.2) is 59.2 Å². The summed E-state index contributed by atoms with van der Waals surface area (Å²) < 4.78 is 47.0. The van der Waals surface area contributed by atoms with Gasteiger partial charge in [-0.15, -0.1) is 10.2 Å². The maximum atomic E-state index is 13.1. The summed E-state index contributed by atoms with van der Waals surface area (Å²) in [7, 11) is 0.272. The topological polar surface area (TPSA) is 151 Å². The van der Waals surface area contributed by atoms with Crippen LogP contribution < -0.4 is 18.9 Å². The van der Waals surface area contributed by atoms with E-state index in [0.29, 0.717) is 33.2 Å². The molecule has 3 aromatic heterocycles. The van der Waals surface area contributed by atoms with Crippen LogP contribution >= 0.6 is 15.9 Å². The van der Waals surface area contributed by atoms with Crippen molar-refractivity contribution in [3.63, 3.8) is 0 Å². The van der Waals surface area contributed by atoms with E-state index in [1.54, 1.807) is 42.5 Å². The summed E-state index contributed by atoms with van der Waals surface area (Å²) in [6.45, 7) is 0. The number of aromatic nitrogens is 5. The van der Waals surface area contributed by atoms with E-state index >= 15 is 0 Å². The maximum Gasteiger partial charge on any atom is 0.243 e. The first-order chi connectivity index (χ1) is 17.8. The first-order valence-electron chi connectivity index (χ1n) is 10.7. The third-order valence-corrected chi connectivity index (χ3v) is 6.88. The highest BCUT2D eigenvalue weighted by atomic mass is 79.9. The lowest BCUT2D eigenvalue weighted by Crippen LogP contribution is -2.24. The number of rotatable bonds is 10. The number of pyridine rings is 2. The van der Waals surface area contributed by atoms with Crippen LogP contribution in [0.3, 0.4) is 0 Å². The Hall–Kier alpha value is -3.75. The number of sulfonamides is 1. The van der Waals surface area contributed by atoms with E-state index in [-0.39, 0.29) is 17.5 Å². The van der Waals surface area contributed by atoms with Gasteiger partial charge in [0.1, 0.15) is 34.7 Å². The predicted octanol–water partition coefficient (Wildman–Crippen LogP) is 2.99. The highest BCUT2D eigenvalue weighted by Gasteiger charge is 2.27. The van der Waals surface area contributed by atoms with Crippen LogP contribution in [0.1, 0.15) is 11.8 Å². The first-order valence-corrected chi connectivity index (χ1v) is 13.2. The van der Waals surface area contributed by atoms with Crippen molar-refractivity contribution in [2.24, 2.45) is 0 Å². The molecule has 0 amide bonds. The number of anilines is 1. The van der Waals surface area contributed by atoms with Crippen LogP contribution in [0.25, 0.3) is 17.2 Å². The molecule has 0 aliphatic rings. The Morgan fingerprint density at radius 3 is 2.32 bits per heavy atom. The average molecular weight is 591 g/mol. The summed E-state index contributed by atoms with van der Waals surface area (Å²) in [6.07, 6.45) is 0.0821. The second-order valence-corrected chi connectivity index (χ2v) is 10.2. The first kappa shape index (κ1) is 26.3. The fourth-order valence-corrected chi connectivity index (χ4v) is 4.81. The van der Waals surface area contributed by atoms with Gasteiger partial charge in [0, 0.05) is 16.7 Å². The van der Waals surface area contributed by atoms with Crippen molar-refractivity contribution >= 4 is 31.9 Å². The Morgan fingerprint density at radius 1 is 1.00 bits per heavy atom. The van der Waals surface area contributed by atoms with Gasteiger partial charge in [-0.25, -0.2) is 13.4 Å². The SMILES string of the molecule is COc1cccc(-c2nnc(NS(=O)(=O)C[C@H](O)c3ccc(Br)cn3)n2-c2c(OC)cccc2OC)n1. The number of methoxy groups -OCH3 is 3. The summed E-state index contributed by atoms with van der Waals surface area (Å²) in [5.74, 6) is 0.398. The number of aliphatic hydroxyl groups excluding tert-OH is 1. The number of aliphatic hydroxyl groups is 1. The zero-order valence-electron chi connectivity index (χ0n) is 20.0. The minimum atomic E-state index is -4.15. The van der Waals surface area contributed by atoms with Gasteiger partial charge in [-0.2, -0.15) is 0 Å². The second-order valence-electron chi connectivity index (χ2n) is 7.56. The quantitative estimate of drug-likeness (QED) is 0.282. The molecule has 1 aromatic carbocycles. The van der Waals surface area contributed by atoms with E-state index in [9.17, 15) is 13.5 Å². The molecule has 0 saturated carbocycles. The van der Waals surface area contributed by atoms with Crippen LogP contribution in [0.5, 0.6) is 17.4 Å². The number of nitrogens with zero attached hydrogens (tertiary/aromatic N) is 5. The zero-order valence-corrected chi connectivity index (χ0v) is 22.4. The van der Waals surface area contributed by atoms with Crippen molar-refractivity contribution in [1.82, 2.24) is 24.7 Å². The normalized spacial score (nSPS) is 12.1. The van der Waals surface area contributed by atoms with Crippen molar-refractivity contribution in [3.8, 4) is 34.6 Å². The number of nitrogens with one attached hydrogen (secondary N) is 1. The van der Waals surface area contributed by atoms with Gasteiger partial charge >= 0.3 is 0 Å². The van der Waals surface area contributed by atoms with Gasteiger partial charge in [-0.05, 0) is 46.3 Å². The van der Waals surface area contributed by atoms with Crippen LogP contribution in [0.2, 0.25) is 0 Å². The van der Waals surface area contributed by atoms with Crippen molar-refractivity contribution < 1.29 is 27.7 Å². The second kappa shape index (κ2) is 11.1. The average Bonchev–Trinajstić information content (AvgIpc) is 3.30. The molecule has 0 radical (unpaired) electrons. The standard InChI is InChI=1S/C23H23BrN6O6S/c1-34-18-7-5-8-19(35-2)21(18)30-22(16-6-4-9-20(26-16)36-3)27-28-23(30)29-37(32,33)13-17(31)15-11-10-14(24)12-25-15/h4-12,17,31H,13H2,1-3H3,(H,28,29)/t17-/m0/s1. The molecular weight excluding hydrogens is 568 g/mol. The Morgan fingerprint density at radius 2 is 1.70 bits per heavy atom. The molecule has 37 heavy (non-hydrogen) atoms. The molecule has 0 aliphatic heterocycles. The Balaban J connectivity index is 1.80. The molecular formula is C23H23BrN6O6S. The molecule has 0 spiro atoms. The summed E-state index contributed by atoms with van der Waals surface area (Å²) in [4.78, 5) is 8.47. The van der Waals surface area contributed by atoms with E-state index in [1.165, 1.54) is 38.2 Å². The van der Waals surface area contributed by atoms with E-state index in [0.717, 1.165) is 0 Å². The van der Waals surface area contributed by atoms with Crippen LogP contribution in [-0.2, 0) is 10.0 Å². The third kappa shape index (κ3) is 5.81. The number of halogens is 1. The van der Waals surface area contributed by atoms with Crippen molar-refractivity contribution in [2.75, 3.05) is 31.8 Å². The molecule has 0 saturated heterocycles. The van der Waals surface area contributed by atoms with E-state index in [4.69, 9.17) is 14.2 Å². The summed E-state index contributed by atoms with van der Waals surface area (Å²) in [5.41, 5.74) is 0.886. The molecule has 0 unspecified atom stereocenters. The minimum absolute atomic E-state index is 0.168. The number of benzene rings is 1. The van der Waals surface area contributed by atoms with Crippen molar-refractivity contribution in [2.45, 2.75) is 6.10 Å². The van der Waals surface area contributed by atoms with E-state index in [2.05, 4.69) is 40.8 Å². The number of para-hydroxylation sites is 1. The van der Waals surface area contributed by atoms with Crippen molar-refractivity contribution in [1.29, 1.82) is 0 Å². The molecule has 194 valence electrons. The maximum absolute atomic E-state index is 13.1. The highest BCUT2D eigenvalue weighted by Crippen LogP contribution is 2.37. The van der Waals surface area contributed by atoms with Gasteiger partial charge in [0.05, 0.1) is 27.0 Å². The molecule has 3 heterocycles. The Bertz CT molecular complexity index is 1470. The number of hydrogen-bond donors (Lipinski definition) is 2. The largest absolute Gasteiger partial charge is 0.494 e. The van der Waals surface area contributed by atoms with E-state index in [1.807, 2.05) is 0 Å². The van der Waals surface area contributed by atoms with Crippen LogP contribution in [0, 0.1) is 0 Å². The van der Waals surface area contributed by atoms with Gasteiger partial charge in [0.25, 0.3) is 0 Å². The van der Waals surface area contributed by atoms with Gasteiger partial charge in [0.2, 0.25) is 21.9 Å². The van der Waals surface area contributed by atoms with E-state index < -0.39 is 21.9 Å². The summed E-state index contributed by atoms with van der Waals surface area (Å²) >= 11 is 3.26. The van der Waals surface area contributed by atoms with Crippen molar-refractivity contribution in [3.05, 3.63) is 64.9 Å². The number of ether oxygens (including phenoxy) is 3. The zero-order chi connectivity index (χ0) is 26.6. The molecule has 12 nitrogen and oxygen atoms in total. The van der Waals surface area contributed by atoms with Gasteiger partial charge in [0.15, 0.2) is 5.82 Å². The lowest BCUT2D eigenvalue weighted by molar-refractivity contribution is 0.197. The third-order valence-electron chi connectivity index (χ3n) is 5.17. The summed E-state index contributed by atoms with van der Waals surface area (Å²) in [6, 6.07) is 13.3. The lowest BCUT2D eigenvalue weighted by Gasteiger charge is -2.18. The molecule has 14 heteroatoms. The monoisotopic (exact) mass is 590 g/mol. The minimum Gasteiger partial charge on any atom is -0.494 e. The van der Waals surface area contributed by atoms with Gasteiger partial charge < -0.3 is 19.3 Å². The Kier molecular flexibility index (Phi) is 7.90. The smallest absolute Gasteiger partial charge is 0.243 e. The Labute approximate surface area is 221 Å². The predicted molar refractivity (Wildman–Crippen MR) is 139 cm³/mol. The van der Waals surface area contributed by atoms with Gasteiger partial charge in [-0.1, -0.05) is 12.1 Å². The molecule has 4 rings (SSSR count). The molecule has 1 atom stereocenters. The molecule has 4 aromatic rings. The van der Waals surface area contributed by atoms with Crippen LogP contribution in [0.4, 0.5) is 5.95 Å². The molecule has 0 bridgehead atoms. The summed E-state index contributed by atoms with van der Waals surface area (Å²) in [5, 5.41) is 18.8. The fourth-order valence-electron chi connectivity index (χ4n) is 3.49. The fraction of sp³-hybridized carbons (Fsp3) is 0.217. The molecule has 2 N–H and O–H groups in total. The lowest BCUT2D eigenvalue weighted by atomic mass is 10.2. The molecule has 0 aliphatic carbocycles. The molecule has 0 fully saturated rings. The number of hydrogen-bond acceptors (Lipinski definition) is 10. The van der Waals surface area contributed by atoms with Crippen LogP contribution in [-0.4, -0.2) is 65.3 Å². The highest BCUT2D eigenvalue weighted by molar-refractivity contribution is 9.10.